The van der Waals surface area contributed by atoms with Crippen LogP contribution in [0, 0.1) is 11.3 Å². The largest absolute Gasteiger partial charge is 0.490 e. The molecule has 0 aliphatic heterocycles. The fraction of sp³-hybridized carbons (Fsp3) is 0.400. The molecule has 0 spiro atoms. The highest BCUT2D eigenvalue weighted by Gasteiger charge is 2.21. The van der Waals surface area contributed by atoms with E-state index in [9.17, 15) is 14.9 Å². The molecule has 206 valence electrons. The van der Waals surface area contributed by atoms with Crippen molar-refractivity contribution >= 4 is 11.8 Å². The lowest BCUT2D eigenvalue weighted by molar-refractivity contribution is -0.129. The molecule has 3 aromatic rings. The molecule has 2 amide bonds. The van der Waals surface area contributed by atoms with Gasteiger partial charge in [-0.2, -0.15) is 5.26 Å². The van der Waals surface area contributed by atoms with Crippen LogP contribution in [0.3, 0.4) is 0 Å². The predicted octanol–water partition coefficient (Wildman–Crippen LogP) is 4.67. The van der Waals surface area contributed by atoms with Crippen LogP contribution in [0.15, 0.2) is 48.7 Å². The zero-order chi connectivity index (χ0) is 28.7. The van der Waals surface area contributed by atoms with Crippen molar-refractivity contribution in [3.05, 3.63) is 71.2 Å². The number of benzene rings is 2. The molecule has 0 aliphatic carbocycles. The Labute approximate surface area is 229 Å². The molecule has 0 fully saturated rings. The summed E-state index contributed by atoms with van der Waals surface area (Å²) >= 11 is 0. The molecular weight excluding hydrogens is 494 g/mol. The predicted molar refractivity (Wildman–Crippen MR) is 148 cm³/mol. The van der Waals surface area contributed by atoms with Crippen molar-refractivity contribution in [1.82, 2.24) is 20.3 Å². The SMILES string of the molecule is CC(C)Oc1ccc(C(=O)NC(CCC(=O)NO)Cc2ccc(-c3cn(C)c(C(C)(C)C)n3)cc2)cc1C#N. The van der Waals surface area contributed by atoms with Gasteiger partial charge in [0.1, 0.15) is 17.6 Å². The lowest BCUT2D eigenvalue weighted by atomic mass is 9.96. The van der Waals surface area contributed by atoms with E-state index in [1.807, 2.05) is 55.9 Å². The molecule has 2 aromatic carbocycles. The number of hydroxylamine groups is 1. The van der Waals surface area contributed by atoms with Gasteiger partial charge < -0.3 is 14.6 Å². The van der Waals surface area contributed by atoms with Crippen molar-refractivity contribution < 1.29 is 19.5 Å². The minimum atomic E-state index is -0.531. The second-order valence-electron chi connectivity index (χ2n) is 10.9. The van der Waals surface area contributed by atoms with Crippen molar-refractivity contribution in [2.75, 3.05) is 0 Å². The van der Waals surface area contributed by atoms with Gasteiger partial charge in [0.2, 0.25) is 5.91 Å². The third-order valence-electron chi connectivity index (χ3n) is 6.18. The lowest BCUT2D eigenvalue weighted by Crippen LogP contribution is -2.37. The third kappa shape index (κ3) is 7.91. The molecule has 0 saturated heterocycles. The molecule has 3 rings (SSSR count). The highest BCUT2D eigenvalue weighted by Crippen LogP contribution is 2.26. The van der Waals surface area contributed by atoms with Crippen molar-refractivity contribution in [2.45, 2.75) is 71.4 Å². The van der Waals surface area contributed by atoms with Crippen LogP contribution in [-0.2, 0) is 23.7 Å². The number of nitrogens with zero attached hydrogens (tertiary/aromatic N) is 3. The second-order valence-corrected chi connectivity index (χ2v) is 10.9. The van der Waals surface area contributed by atoms with E-state index in [0.717, 1.165) is 22.6 Å². The Morgan fingerprint density at radius 3 is 2.41 bits per heavy atom. The highest BCUT2D eigenvalue weighted by atomic mass is 16.5. The summed E-state index contributed by atoms with van der Waals surface area (Å²) in [6.45, 7) is 10.1. The van der Waals surface area contributed by atoms with E-state index in [1.165, 1.54) is 6.07 Å². The molecule has 9 nitrogen and oxygen atoms in total. The van der Waals surface area contributed by atoms with Gasteiger partial charge in [-0.3, -0.25) is 14.8 Å². The number of nitriles is 1. The number of hydrogen-bond acceptors (Lipinski definition) is 6. The van der Waals surface area contributed by atoms with Gasteiger partial charge in [0.15, 0.2) is 0 Å². The van der Waals surface area contributed by atoms with Gasteiger partial charge in [0, 0.05) is 42.2 Å². The van der Waals surface area contributed by atoms with Crippen molar-refractivity contribution in [1.29, 1.82) is 5.26 Å². The normalized spacial score (nSPS) is 12.1. The summed E-state index contributed by atoms with van der Waals surface area (Å²) in [5.74, 6) is 0.519. The summed E-state index contributed by atoms with van der Waals surface area (Å²) in [7, 11) is 1.99. The number of hydrogen-bond donors (Lipinski definition) is 3. The van der Waals surface area contributed by atoms with Crippen molar-refractivity contribution in [2.24, 2.45) is 7.05 Å². The molecule has 0 aliphatic rings. The average molecular weight is 532 g/mol. The molecule has 39 heavy (non-hydrogen) atoms. The van der Waals surface area contributed by atoms with Crippen LogP contribution in [0.1, 0.15) is 74.8 Å². The first kappa shape index (κ1) is 29.4. The monoisotopic (exact) mass is 531 g/mol. The summed E-state index contributed by atoms with van der Waals surface area (Å²) in [5, 5.41) is 21.4. The highest BCUT2D eigenvalue weighted by molar-refractivity contribution is 5.95. The van der Waals surface area contributed by atoms with Gasteiger partial charge in [-0.05, 0) is 50.5 Å². The van der Waals surface area contributed by atoms with Crippen LogP contribution in [0.25, 0.3) is 11.3 Å². The molecule has 0 radical (unpaired) electrons. The first-order valence-corrected chi connectivity index (χ1v) is 13.0. The number of imidazole rings is 1. The van der Waals surface area contributed by atoms with E-state index in [2.05, 4.69) is 32.2 Å². The summed E-state index contributed by atoms with van der Waals surface area (Å²) < 4.78 is 7.69. The van der Waals surface area contributed by atoms with Crippen LogP contribution >= 0.6 is 0 Å². The van der Waals surface area contributed by atoms with E-state index in [1.54, 1.807) is 17.6 Å². The maximum Gasteiger partial charge on any atom is 0.251 e. The zero-order valence-corrected chi connectivity index (χ0v) is 23.4. The number of carbonyl (C=O) groups is 2. The summed E-state index contributed by atoms with van der Waals surface area (Å²) in [4.78, 5) is 29.6. The first-order chi connectivity index (χ1) is 18.4. The van der Waals surface area contributed by atoms with Gasteiger partial charge >= 0.3 is 0 Å². The molecule has 1 unspecified atom stereocenters. The molecule has 0 saturated carbocycles. The average Bonchev–Trinajstić information content (AvgIpc) is 3.29. The van der Waals surface area contributed by atoms with E-state index < -0.39 is 5.91 Å². The van der Waals surface area contributed by atoms with Crippen LogP contribution in [-0.4, -0.2) is 38.7 Å². The topological polar surface area (TPSA) is 129 Å². The standard InChI is InChI=1S/C30H37N5O4/c1-19(2)39-26-13-11-22(16-23(26)17-31)28(37)32-24(12-14-27(36)34-38)15-20-7-9-21(10-8-20)25-18-35(6)29(33-25)30(3,4)5/h7-11,13,16,18-19,24,38H,12,14-15H2,1-6H3,(H,32,37)(H,34,36). The Hall–Kier alpha value is -4.16. The van der Waals surface area contributed by atoms with E-state index in [0.29, 0.717) is 24.2 Å². The molecular formula is C30H37N5O4. The Bertz CT molecular complexity index is 1350. The third-order valence-corrected chi connectivity index (χ3v) is 6.18. The Morgan fingerprint density at radius 1 is 1.15 bits per heavy atom. The smallest absolute Gasteiger partial charge is 0.251 e. The summed E-state index contributed by atoms with van der Waals surface area (Å²) in [6, 6.07) is 14.4. The van der Waals surface area contributed by atoms with Crippen LogP contribution in [0.5, 0.6) is 5.75 Å². The van der Waals surface area contributed by atoms with Gasteiger partial charge in [0.25, 0.3) is 5.91 Å². The van der Waals surface area contributed by atoms with Crippen LogP contribution in [0.4, 0.5) is 0 Å². The summed E-state index contributed by atoms with van der Waals surface area (Å²) in [6.07, 6.45) is 2.73. The van der Waals surface area contributed by atoms with E-state index in [4.69, 9.17) is 14.9 Å². The Morgan fingerprint density at radius 2 is 1.85 bits per heavy atom. The first-order valence-electron chi connectivity index (χ1n) is 13.0. The van der Waals surface area contributed by atoms with E-state index in [-0.39, 0.29) is 35.5 Å². The van der Waals surface area contributed by atoms with Crippen LogP contribution < -0.4 is 15.5 Å². The number of aryl methyl sites for hydroxylation is 1. The molecule has 1 heterocycles. The molecule has 1 atom stereocenters. The zero-order valence-electron chi connectivity index (χ0n) is 23.4. The van der Waals surface area contributed by atoms with E-state index >= 15 is 0 Å². The summed E-state index contributed by atoms with van der Waals surface area (Å²) in [5.41, 5.74) is 4.99. The maximum atomic E-state index is 13.1. The molecule has 9 heteroatoms. The minimum Gasteiger partial charge on any atom is -0.490 e. The molecule has 0 bridgehead atoms. The molecule has 1 aromatic heterocycles. The number of ether oxygens (including phenoxy) is 1. The number of nitrogens with one attached hydrogen (secondary N) is 2. The Kier molecular flexibility index (Phi) is 9.49. The number of rotatable bonds is 10. The lowest BCUT2D eigenvalue weighted by Gasteiger charge is -2.19. The molecule has 3 N–H and O–H groups in total. The van der Waals surface area contributed by atoms with Gasteiger partial charge in [0.05, 0.1) is 17.4 Å². The van der Waals surface area contributed by atoms with Gasteiger partial charge in [-0.1, -0.05) is 45.0 Å². The maximum absolute atomic E-state index is 13.1. The van der Waals surface area contributed by atoms with Crippen LogP contribution in [0.2, 0.25) is 0 Å². The van der Waals surface area contributed by atoms with Gasteiger partial charge in [-0.25, -0.2) is 10.5 Å². The Balaban J connectivity index is 1.77. The van der Waals surface area contributed by atoms with Crippen molar-refractivity contribution in [3.8, 4) is 23.1 Å². The number of carbonyl (C=O) groups excluding carboxylic acids is 2. The minimum absolute atomic E-state index is 0.0354. The second kappa shape index (κ2) is 12.6. The number of aromatic nitrogens is 2. The quantitative estimate of drug-likeness (QED) is 0.258. The number of amides is 2. The van der Waals surface area contributed by atoms with Crippen molar-refractivity contribution in [3.63, 3.8) is 0 Å². The fourth-order valence-electron chi connectivity index (χ4n) is 4.37. The fourth-order valence-corrected chi connectivity index (χ4v) is 4.37. The van der Waals surface area contributed by atoms with Gasteiger partial charge in [-0.15, -0.1) is 0 Å².